The summed E-state index contributed by atoms with van der Waals surface area (Å²) in [6.45, 7) is 6.21. The third-order valence-electron chi connectivity index (χ3n) is 2.32. The van der Waals surface area contributed by atoms with Crippen LogP contribution in [0.5, 0.6) is 0 Å². The van der Waals surface area contributed by atoms with Crippen molar-refractivity contribution in [2.75, 3.05) is 6.61 Å². The molecule has 0 heterocycles. The molecular weight excluding hydrogens is 172 g/mol. The highest BCUT2D eigenvalue weighted by Crippen LogP contribution is 2.13. The van der Waals surface area contributed by atoms with Gasteiger partial charge in [-0.3, -0.25) is 0 Å². The van der Waals surface area contributed by atoms with E-state index in [1.165, 1.54) is 11.1 Å². The van der Waals surface area contributed by atoms with Crippen LogP contribution in [0.15, 0.2) is 30.8 Å². The molecule has 0 amide bonds. The molecule has 1 aromatic rings. The maximum absolute atomic E-state index is 8.65. The largest absolute Gasteiger partial charge is 0.396 e. The van der Waals surface area contributed by atoms with E-state index < -0.39 is 0 Å². The normalized spacial score (nSPS) is 10.1. The van der Waals surface area contributed by atoms with Crippen LogP contribution in [0.1, 0.15) is 30.9 Å². The van der Waals surface area contributed by atoms with Crippen molar-refractivity contribution in [2.45, 2.75) is 26.2 Å². The van der Waals surface area contributed by atoms with Gasteiger partial charge in [0, 0.05) is 6.61 Å². The molecule has 0 bridgehead atoms. The van der Waals surface area contributed by atoms with Gasteiger partial charge in [0.1, 0.15) is 0 Å². The zero-order valence-corrected chi connectivity index (χ0v) is 8.79. The molecule has 0 spiro atoms. The first kappa shape index (κ1) is 11.0. The van der Waals surface area contributed by atoms with Crippen LogP contribution in [0, 0.1) is 0 Å². The molecule has 0 fully saturated rings. The third kappa shape index (κ3) is 3.35. The number of allylic oxidation sites excluding steroid dienone is 1. The van der Waals surface area contributed by atoms with E-state index in [0.29, 0.717) is 6.61 Å². The predicted molar refractivity (Wildman–Crippen MR) is 61.2 cm³/mol. The summed E-state index contributed by atoms with van der Waals surface area (Å²) in [5.41, 5.74) is 3.64. The van der Waals surface area contributed by atoms with Crippen LogP contribution in [-0.2, 0) is 6.42 Å². The number of aliphatic hydroxyl groups is 1. The summed E-state index contributed by atoms with van der Waals surface area (Å²) in [5, 5.41) is 8.65. The minimum absolute atomic E-state index is 0.295. The van der Waals surface area contributed by atoms with Gasteiger partial charge < -0.3 is 5.11 Å². The maximum Gasteiger partial charge on any atom is 0.0431 e. The highest BCUT2D eigenvalue weighted by molar-refractivity contribution is 5.61. The van der Waals surface area contributed by atoms with Crippen molar-refractivity contribution in [2.24, 2.45) is 0 Å². The number of unbranched alkanes of at least 4 members (excludes halogenated alkanes) is 1. The molecule has 0 atom stereocenters. The van der Waals surface area contributed by atoms with Crippen molar-refractivity contribution in [3.8, 4) is 0 Å². The standard InChI is InChI=1S/C13H18O/c1-11(2)13-8-6-12(7-9-13)5-3-4-10-14/h6-9,14H,1,3-5,10H2,2H3. The van der Waals surface area contributed by atoms with Gasteiger partial charge in [-0.15, -0.1) is 0 Å². The number of aliphatic hydroxyl groups excluding tert-OH is 1. The zero-order chi connectivity index (χ0) is 10.4. The minimum Gasteiger partial charge on any atom is -0.396 e. The molecule has 0 saturated heterocycles. The lowest BCUT2D eigenvalue weighted by atomic mass is 10.0. The van der Waals surface area contributed by atoms with E-state index >= 15 is 0 Å². The summed E-state index contributed by atoms with van der Waals surface area (Å²) < 4.78 is 0. The number of hydrogen-bond acceptors (Lipinski definition) is 1. The molecule has 0 radical (unpaired) electrons. The summed E-state index contributed by atoms with van der Waals surface area (Å²) in [7, 11) is 0. The third-order valence-corrected chi connectivity index (χ3v) is 2.32. The van der Waals surface area contributed by atoms with Gasteiger partial charge in [0.25, 0.3) is 0 Å². The van der Waals surface area contributed by atoms with Gasteiger partial charge in [-0.1, -0.05) is 36.4 Å². The van der Waals surface area contributed by atoms with Gasteiger partial charge in [0.05, 0.1) is 0 Å². The van der Waals surface area contributed by atoms with Crippen LogP contribution in [0.4, 0.5) is 0 Å². The van der Waals surface area contributed by atoms with Crippen molar-refractivity contribution in [3.63, 3.8) is 0 Å². The first-order valence-electron chi connectivity index (χ1n) is 5.09. The van der Waals surface area contributed by atoms with Gasteiger partial charge in [-0.25, -0.2) is 0 Å². The van der Waals surface area contributed by atoms with Gasteiger partial charge in [-0.2, -0.15) is 0 Å². The molecule has 0 aliphatic heterocycles. The Bertz CT molecular complexity index is 285. The maximum atomic E-state index is 8.65. The smallest absolute Gasteiger partial charge is 0.0431 e. The van der Waals surface area contributed by atoms with Crippen molar-refractivity contribution in [3.05, 3.63) is 42.0 Å². The van der Waals surface area contributed by atoms with Crippen LogP contribution in [0.2, 0.25) is 0 Å². The zero-order valence-electron chi connectivity index (χ0n) is 8.79. The summed E-state index contributed by atoms with van der Waals surface area (Å²) in [6.07, 6.45) is 3.00. The van der Waals surface area contributed by atoms with E-state index in [4.69, 9.17) is 5.11 Å². The molecule has 1 heteroatoms. The molecule has 1 rings (SSSR count). The fourth-order valence-electron chi connectivity index (χ4n) is 1.40. The SMILES string of the molecule is C=C(C)c1ccc(CCCCO)cc1. The molecular formula is C13H18O. The van der Waals surface area contributed by atoms with Crippen LogP contribution >= 0.6 is 0 Å². The van der Waals surface area contributed by atoms with Crippen molar-refractivity contribution < 1.29 is 5.11 Å². The molecule has 0 aliphatic rings. The lowest BCUT2D eigenvalue weighted by Gasteiger charge is -2.03. The topological polar surface area (TPSA) is 20.2 Å². The van der Waals surface area contributed by atoms with Crippen molar-refractivity contribution in [1.29, 1.82) is 0 Å². The van der Waals surface area contributed by atoms with E-state index in [1.54, 1.807) is 0 Å². The Morgan fingerprint density at radius 3 is 2.36 bits per heavy atom. The van der Waals surface area contributed by atoms with E-state index in [9.17, 15) is 0 Å². The molecule has 1 nitrogen and oxygen atoms in total. The van der Waals surface area contributed by atoms with E-state index in [-0.39, 0.29) is 0 Å². The Labute approximate surface area is 86.1 Å². The Balaban J connectivity index is 2.51. The number of benzene rings is 1. The van der Waals surface area contributed by atoms with Crippen molar-refractivity contribution >= 4 is 5.57 Å². The number of aryl methyl sites for hydroxylation is 1. The van der Waals surface area contributed by atoms with Gasteiger partial charge in [0.2, 0.25) is 0 Å². The Kier molecular flexibility index (Phi) is 4.41. The van der Waals surface area contributed by atoms with Crippen molar-refractivity contribution in [1.82, 2.24) is 0 Å². The molecule has 0 saturated carbocycles. The van der Waals surface area contributed by atoms with E-state index in [2.05, 4.69) is 30.8 Å². The van der Waals surface area contributed by atoms with E-state index in [0.717, 1.165) is 24.8 Å². The molecule has 1 N–H and O–H groups in total. The fraction of sp³-hybridized carbons (Fsp3) is 0.385. The summed E-state index contributed by atoms with van der Waals surface area (Å²) in [5.74, 6) is 0. The summed E-state index contributed by atoms with van der Waals surface area (Å²) >= 11 is 0. The van der Waals surface area contributed by atoms with Gasteiger partial charge in [0.15, 0.2) is 0 Å². The Morgan fingerprint density at radius 2 is 1.86 bits per heavy atom. The Hall–Kier alpha value is -1.08. The summed E-state index contributed by atoms with van der Waals surface area (Å²) in [6, 6.07) is 8.50. The monoisotopic (exact) mass is 190 g/mol. The quantitative estimate of drug-likeness (QED) is 0.707. The number of hydrogen-bond donors (Lipinski definition) is 1. The lowest BCUT2D eigenvalue weighted by molar-refractivity contribution is 0.284. The van der Waals surface area contributed by atoms with Crippen LogP contribution in [0.25, 0.3) is 5.57 Å². The second-order valence-electron chi connectivity index (χ2n) is 3.66. The fourth-order valence-corrected chi connectivity index (χ4v) is 1.40. The molecule has 76 valence electrons. The van der Waals surface area contributed by atoms with E-state index in [1.807, 2.05) is 6.92 Å². The molecule has 0 unspecified atom stereocenters. The average Bonchev–Trinajstić information content (AvgIpc) is 2.19. The number of rotatable bonds is 5. The highest BCUT2D eigenvalue weighted by Gasteiger charge is 1.95. The molecule has 1 aromatic carbocycles. The molecule has 0 aliphatic carbocycles. The second kappa shape index (κ2) is 5.61. The van der Waals surface area contributed by atoms with Gasteiger partial charge >= 0.3 is 0 Å². The van der Waals surface area contributed by atoms with Gasteiger partial charge in [-0.05, 0) is 37.3 Å². The van der Waals surface area contributed by atoms with Crippen LogP contribution in [-0.4, -0.2) is 11.7 Å². The molecule has 0 aromatic heterocycles. The van der Waals surface area contributed by atoms with Crippen LogP contribution < -0.4 is 0 Å². The predicted octanol–water partition coefficient (Wildman–Crippen LogP) is 3.03. The average molecular weight is 190 g/mol. The highest BCUT2D eigenvalue weighted by atomic mass is 16.2. The summed E-state index contributed by atoms with van der Waals surface area (Å²) in [4.78, 5) is 0. The first-order chi connectivity index (χ1) is 6.74. The first-order valence-corrected chi connectivity index (χ1v) is 5.09. The lowest BCUT2D eigenvalue weighted by Crippen LogP contribution is -1.89. The molecule has 14 heavy (non-hydrogen) atoms. The minimum atomic E-state index is 0.295. The second-order valence-corrected chi connectivity index (χ2v) is 3.66. The van der Waals surface area contributed by atoms with Crippen LogP contribution in [0.3, 0.4) is 0 Å². The Morgan fingerprint density at radius 1 is 1.21 bits per heavy atom.